The molecule has 2 aromatic rings. The van der Waals surface area contributed by atoms with Gasteiger partial charge < -0.3 is 10.0 Å². The van der Waals surface area contributed by atoms with Crippen molar-refractivity contribution in [3.05, 3.63) is 52.0 Å². The molecule has 2 fully saturated rings. The van der Waals surface area contributed by atoms with E-state index >= 15 is 0 Å². The molecule has 3 heterocycles. The summed E-state index contributed by atoms with van der Waals surface area (Å²) in [4.78, 5) is 31.5. The number of rotatable bonds is 5. The molecule has 5 nitrogen and oxygen atoms in total. The van der Waals surface area contributed by atoms with Crippen molar-refractivity contribution in [3.63, 3.8) is 0 Å². The van der Waals surface area contributed by atoms with Crippen molar-refractivity contribution in [1.82, 2.24) is 9.88 Å². The highest BCUT2D eigenvalue weighted by Gasteiger charge is 2.61. The molecule has 2 bridgehead atoms. The number of aliphatic carboxylic acids is 1. The van der Waals surface area contributed by atoms with Gasteiger partial charge in [0.2, 0.25) is 5.91 Å². The third-order valence-corrected chi connectivity index (χ3v) is 6.64. The number of benzene rings is 1. The minimum atomic E-state index is -0.877. The van der Waals surface area contributed by atoms with Crippen molar-refractivity contribution in [2.45, 2.75) is 51.1 Å². The molecule has 0 spiro atoms. The number of aromatic nitrogens is 1. The summed E-state index contributed by atoms with van der Waals surface area (Å²) in [6.45, 7) is 1.92. The van der Waals surface area contributed by atoms with E-state index in [1.807, 2.05) is 47.5 Å². The monoisotopic (exact) mass is 370 g/mol. The first-order valence-corrected chi connectivity index (χ1v) is 9.87. The van der Waals surface area contributed by atoms with Gasteiger partial charge >= 0.3 is 5.97 Å². The first-order chi connectivity index (χ1) is 12.5. The molecule has 0 aliphatic carbocycles. The lowest BCUT2D eigenvalue weighted by atomic mass is 9.70. The Balaban J connectivity index is 1.59. The van der Waals surface area contributed by atoms with Crippen LogP contribution in [0.1, 0.15) is 35.5 Å². The van der Waals surface area contributed by atoms with E-state index in [1.165, 1.54) is 11.3 Å². The molecular weight excluding hydrogens is 348 g/mol. The van der Waals surface area contributed by atoms with E-state index in [-0.39, 0.29) is 24.4 Å². The number of fused-ring (bicyclic) bond motifs is 2. The van der Waals surface area contributed by atoms with Gasteiger partial charge in [-0.05, 0) is 38.2 Å². The van der Waals surface area contributed by atoms with E-state index in [0.717, 1.165) is 29.1 Å². The van der Waals surface area contributed by atoms with Crippen molar-refractivity contribution in [2.24, 2.45) is 5.41 Å². The van der Waals surface area contributed by atoms with Crippen LogP contribution in [0.25, 0.3) is 0 Å². The van der Waals surface area contributed by atoms with Gasteiger partial charge in [0.25, 0.3) is 0 Å². The van der Waals surface area contributed by atoms with Crippen LogP contribution >= 0.6 is 11.3 Å². The fourth-order valence-electron chi connectivity index (χ4n) is 4.75. The first kappa shape index (κ1) is 17.2. The van der Waals surface area contributed by atoms with Gasteiger partial charge in [0, 0.05) is 17.5 Å². The summed E-state index contributed by atoms with van der Waals surface area (Å²) in [5.41, 5.74) is 0.926. The van der Waals surface area contributed by atoms with E-state index < -0.39 is 11.4 Å². The summed E-state index contributed by atoms with van der Waals surface area (Å²) in [5, 5.41) is 13.0. The normalized spacial score (nSPS) is 27.0. The number of thiazole rings is 1. The van der Waals surface area contributed by atoms with Crippen LogP contribution in [0.2, 0.25) is 0 Å². The molecule has 136 valence electrons. The first-order valence-electron chi connectivity index (χ1n) is 8.99. The topological polar surface area (TPSA) is 70.5 Å². The van der Waals surface area contributed by atoms with Crippen molar-refractivity contribution >= 4 is 23.2 Å². The van der Waals surface area contributed by atoms with Crippen molar-refractivity contribution in [2.75, 3.05) is 0 Å². The van der Waals surface area contributed by atoms with Gasteiger partial charge in [0.05, 0.1) is 22.5 Å². The van der Waals surface area contributed by atoms with Gasteiger partial charge in [-0.3, -0.25) is 9.59 Å². The van der Waals surface area contributed by atoms with E-state index in [9.17, 15) is 14.7 Å². The molecule has 26 heavy (non-hydrogen) atoms. The highest BCUT2D eigenvalue weighted by Crippen LogP contribution is 2.52. The number of hydrogen-bond donors (Lipinski definition) is 1. The lowest BCUT2D eigenvalue weighted by Crippen LogP contribution is -2.46. The molecule has 2 saturated heterocycles. The summed E-state index contributed by atoms with van der Waals surface area (Å²) < 4.78 is 0. The number of hydrogen-bond acceptors (Lipinski definition) is 4. The molecule has 6 heteroatoms. The predicted molar refractivity (Wildman–Crippen MR) is 99.0 cm³/mol. The van der Waals surface area contributed by atoms with E-state index in [4.69, 9.17) is 0 Å². The SMILES string of the molecule is Cc1nc(CC(=O)N2[C@H]3CC[C@@H]2[C@](Cc2ccccc2)(C(=O)O)C3)cs1. The zero-order valence-electron chi connectivity index (χ0n) is 14.7. The minimum absolute atomic E-state index is 0.0130. The number of carboxylic acids is 1. The summed E-state index contributed by atoms with van der Waals surface area (Å²) >= 11 is 1.54. The van der Waals surface area contributed by atoms with Gasteiger partial charge in [-0.2, -0.15) is 0 Å². The number of carbonyl (C=O) groups excluding carboxylic acids is 1. The molecule has 1 aromatic heterocycles. The predicted octanol–water partition coefficient (Wildman–Crippen LogP) is 3.07. The summed E-state index contributed by atoms with van der Waals surface area (Å²) in [7, 11) is 0. The van der Waals surface area contributed by atoms with Crippen LogP contribution in [0.3, 0.4) is 0 Å². The molecule has 0 saturated carbocycles. The second kappa shape index (κ2) is 6.50. The van der Waals surface area contributed by atoms with Crippen LogP contribution < -0.4 is 0 Å². The highest BCUT2D eigenvalue weighted by atomic mass is 32.1. The lowest BCUT2D eigenvalue weighted by molar-refractivity contribution is -0.151. The number of carbonyl (C=O) groups is 2. The number of nitrogens with zero attached hydrogens (tertiary/aromatic N) is 2. The standard InChI is InChI=1S/C20H22N2O3S/c1-13-21-15(12-26-13)9-18(23)22-16-7-8-17(22)20(11-16,19(24)25)10-14-5-3-2-4-6-14/h2-6,12,16-17H,7-11H2,1H3,(H,24,25)/t16-,17+,20+/m0/s1. The smallest absolute Gasteiger partial charge is 0.312 e. The van der Waals surface area contributed by atoms with Crippen LogP contribution in [-0.2, 0) is 22.4 Å². The Kier molecular flexibility index (Phi) is 4.31. The largest absolute Gasteiger partial charge is 0.481 e. The van der Waals surface area contributed by atoms with Gasteiger partial charge in [-0.1, -0.05) is 30.3 Å². The molecule has 0 unspecified atom stereocenters. The average Bonchev–Trinajstić information content (AvgIpc) is 3.29. The summed E-state index contributed by atoms with van der Waals surface area (Å²) in [5.74, 6) is -0.769. The van der Waals surface area contributed by atoms with Crippen LogP contribution in [0.4, 0.5) is 0 Å². The zero-order valence-corrected chi connectivity index (χ0v) is 15.5. The van der Waals surface area contributed by atoms with Gasteiger partial charge in [0.1, 0.15) is 0 Å². The Bertz CT molecular complexity index is 835. The van der Waals surface area contributed by atoms with Crippen molar-refractivity contribution < 1.29 is 14.7 Å². The Morgan fingerprint density at radius 2 is 2.08 bits per heavy atom. The Hall–Kier alpha value is -2.21. The van der Waals surface area contributed by atoms with Crippen LogP contribution in [0.15, 0.2) is 35.7 Å². The van der Waals surface area contributed by atoms with Crippen molar-refractivity contribution in [3.8, 4) is 0 Å². The maximum atomic E-state index is 12.9. The lowest BCUT2D eigenvalue weighted by Gasteiger charge is -2.33. The fourth-order valence-corrected chi connectivity index (χ4v) is 5.36. The molecule has 1 aromatic carbocycles. The molecule has 1 N–H and O–H groups in total. The Morgan fingerprint density at radius 1 is 1.31 bits per heavy atom. The van der Waals surface area contributed by atoms with Gasteiger partial charge in [-0.15, -0.1) is 11.3 Å². The molecule has 3 atom stereocenters. The maximum absolute atomic E-state index is 12.9. The number of carboxylic acid groups (broad SMARTS) is 1. The molecule has 0 radical (unpaired) electrons. The summed E-state index contributed by atoms with van der Waals surface area (Å²) in [6.07, 6.45) is 2.95. The second-order valence-corrected chi connectivity index (χ2v) is 8.47. The quantitative estimate of drug-likeness (QED) is 0.878. The molecule has 4 rings (SSSR count). The van der Waals surface area contributed by atoms with Crippen LogP contribution in [0.5, 0.6) is 0 Å². The number of aryl methyl sites for hydroxylation is 1. The highest BCUT2D eigenvalue weighted by molar-refractivity contribution is 7.09. The zero-order chi connectivity index (χ0) is 18.3. The Morgan fingerprint density at radius 3 is 2.73 bits per heavy atom. The Labute approximate surface area is 156 Å². The molecule has 1 amide bonds. The van der Waals surface area contributed by atoms with Crippen LogP contribution in [-0.4, -0.2) is 39.0 Å². The third kappa shape index (κ3) is 2.82. The van der Waals surface area contributed by atoms with Crippen LogP contribution in [0, 0.1) is 12.3 Å². The van der Waals surface area contributed by atoms with E-state index in [2.05, 4.69) is 4.98 Å². The second-order valence-electron chi connectivity index (χ2n) is 7.41. The summed E-state index contributed by atoms with van der Waals surface area (Å²) in [6, 6.07) is 9.56. The van der Waals surface area contributed by atoms with E-state index in [0.29, 0.717) is 12.8 Å². The minimum Gasteiger partial charge on any atom is -0.481 e. The number of amides is 1. The van der Waals surface area contributed by atoms with Gasteiger partial charge in [0.15, 0.2) is 0 Å². The molecular formula is C20H22N2O3S. The molecule has 2 aliphatic rings. The average molecular weight is 370 g/mol. The van der Waals surface area contributed by atoms with E-state index in [1.54, 1.807) is 0 Å². The van der Waals surface area contributed by atoms with Crippen molar-refractivity contribution in [1.29, 1.82) is 0 Å². The maximum Gasteiger partial charge on any atom is 0.312 e. The third-order valence-electron chi connectivity index (χ3n) is 5.82. The molecule has 2 aliphatic heterocycles. The fraction of sp³-hybridized carbons (Fsp3) is 0.450. The van der Waals surface area contributed by atoms with Gasteiger partial charge in [-0.25, -0.2) is 4.98 Å².